The molecule has 4 nitrogen and oxygen atoms in total. The Labute approximate surface area is 99.7 Å². The highest BCUT2D eigenvalue weighted by Crippen LogP contribution is 2.26. The summed E-state index contributed by atoms with van der Waals surface area (Å²) in [4.78, 5) is 11.2. The van der Waals surface area contributed by atoms with E-state index < -0.39 is 5.97 Å². The Hall–Kier alpha value is -1.81. The van der Waals surface area contributed by atoms with Gasteiger partial charge in [0.15, 0.2) is 0 Å². The number of fused-ring (bicyclic) bond motifs is 1. The SMILES string of the molecule is Cc1cc(C(=O)O)c2c(c1)c(CCN)cn2C. The predicted octanol–water partition coefficient (Wildman–Crippen LogP) is 1.69. The van der Waals surface area contributed by atoms with Crippen molar-refractivity contribution in [2.45, 2.75) is 13.3 Å². The highest BCUT2D eigenvalue weighted by atomic mass is 16.4. The molecule has 1 aromatic heterocycles. The number of carboxylic acids is 1. The van der Waals surface area contributed by atoms with Gasteiger partial charge < -0.3 is 15.4 Å². The summed E-state index contributed by atoms with van der Waals surface area (Å²) in [5.74, 6) is -0.890. The molecule has 3 N–H and O–H groups in total. The van der Waals surface area contributed by atoms with Crippen LogP contribution in [0.25, 0.3) is 10.9 Å². The molecule has 17 heavy (non-hydrogen) atoms. The Morgan fingerprint density at radius 1 is 1.47 bits per heavy atom. The van der Waals surface area contributed by atoms with Gasteiger partial charge in [0.25, 0.3) is 0 Å². The second kappa shape index (κ2) is 4.22. The molecule has 1 heterocycles. The minimum Gasteiger partial charge on any atom is -0.478 e. The third-order valence-corrected chi connectivity index (χ3v) is 2.95. The highest BCUT2D eigenvalue weighted by molar-refractivity contribution is 6.03. The van der Waals surface area contributed by atoms with E-state index >= 15 is 0 Å². The van der Waals surface area contributed by atoms with Crippen molar-refractivity contribution >= 4 is 16.9 Å². The first-order chi connectivity index (χ1) is 8.04. The third-order valence-electron chi connectivity index (χ3n) is 2.95. The van der Waals surface area contributed by atoms with Crippen LogP contribution in [0.3, 0.4) is 0 Å². The van der Waals surface area contributed by atoms with E-state index in [0.29, 0.717) is 12.1 Å². The van der Waals surface area contributed by atoms with Gasteiger partial charge in [-0.2, -0.15) is 0 Å². The van der Waals surface area contributed by atoms with Crippen molar-refractivity contribution in [1.82, 2.24) is 4.57 Å². The van der Waals surface area contributed by atoms with Crippen LogP contribution in [0.4, 0.5) is 0 Å². The maximum Gasteiger partial charge on any atom is 0.337 e. The van der Waals surface area contributed by atoms with Crippen molar-refractivity contribution < 1.29 is 9.90 Å². The molecule has 0 radical (unpaired) electrons. The number of nitrogens with zero attached hydrogens (tertiary/aromatic N) is 1. The molecule has 0 aliphatic carbocycles. The lowest BCUT2D eigenvalue weighted by atomic mass is 10.0. The van der Waals surface area contributed by atoms with Gasteiger partial charge in [-0.05, 0) is 43.1 Å². The lowest BCUT2D eigenvalue weighted by molar-refractivity contribution is 0.0698. The minimum atomic E-state index is -0.890. The first-order valence-electron chi connectivity index (χ1n) is 5.56. The van der Waals surface area contributed by atoms with E-state index in [-0.39, 0.29) is 0 Å². The Kier molecular flexibility index (Phi) is 2.90. The van der Waals surface area contributed by atoms with Crippen LogP contribution in [0.1, 0.15) is 21.5 Å². The average Bonchev–Trinajstić information content (AvgIpc) is 2.55. The van der Waals surface area contributed by atoms with Crippen LogP contribution in [0, 0.1) is 6.92 Å². The Morgan fingerprint density at radius 2 is 2.18 bits per heavy atom. The molecular weight excluding hydrogens is 216 g/mol. The summed E-state index contributed by atoms with van der Waals surface area (Å²) < 4.78 is 1.86. The molecule has 0 spiro atoms. The van der Waals surface area contributed by atoms with Crippen LogP contribution in [0.2, 0.25) is 0 Å². The average molecular weight is 232 g/mol. The van der Waals surface area contributed by atoms with Gasteiger partial charge in [-0.1, -0.05) is 0 Å². The van der Waals surface area contributed by atoms with E-state index in [1.807, 2.05) is 30.8 Å². The van der Waals surface area contributed by atoms with Gasteiger partial charge in [0, 0.05) is 18.6 Å². The minimum absolute atomic E-state index is 0.353. The quantitative estimate of drug-likeness (QED) is 0.846. The maximum atomic E-state index is 11.2. The molecule has 2 aromatic rings. The monoisotopic (exact) mass is 232 g/mol. The molecule has 0 unspecified atom stereocenters. The van der Waals surface area contributed by atoms with E-state index in [9.17, 15) is 9.90 Å². The summed E-state index contributed by atoms with van der Waals surface area (Å²) >= 11 is 0. The first kappa shape index (κ1) is 11.7. The van der Waals surface area contributed by atoms with Crippen molar-refractivity contribution in [3.8, 4) is 0 Å². The fourth-order valence-electron chi connectivity index (χ4n) is 2.29. The number of aryl methyl sites for hydroxylation is 2. The zero-order valence-electron chi connectivity index (χ0n) is 10.0. The summed E-state index contributed by atoms with van der Waals surface area (Å²) in [5, 5.41) is 10.2. The summed E-state index contributed by atoms with van der Waals surface area (Å²) in [7, 11) is 1.87. The molecule has 90 valence electrons. The Balaban J connectivity index is 2.80. The molecule has 2 rings (SSSR count). The fourth-order valence-corrected chi connectivity index (χ4v) is 2.29. The second-order valence-corrected chi connectivity index (χ2v) is 4.32. The smallest absolute Gasteiger partial charge is 0.337 e. The molecule has 4 heteroatoms. The van der Waals surface area contributed by atoms with Gasteiger partial charge in [0.1, 0.15) is 0 Å². The fraction of sp³-hybridized carbons (Fsp3) is 0.308. The standard InChI is InChI=1S/C13H16N2O2/c1-8-5-10-9(3-4-14)7-15(2)12(10)11(6-8)13(16)17/h5-7H,3-4,14H2,1-2H3,(H,16,17). The molecule has 0 amide bonds. The number of carboxylic acid groups (broad SMARTS) is 1. The normalized spacial score (nSPS) is 11.0. The van der Waals surface area contributed by atoms with Gasteiger partial charge in [0.05, 0.1) is 11.1 Å². The second-order valence-electron chi connectivity index (χ2n) is 4.32. The van der Waals surface area contributed by atoms with Crippen molar-refractivity contribution in [2.75, 3.05) is 6.54 Å². The number of benzene rings is 1. The van der Waals surface area contributed by atoms with E-state index in [0.717, 1.165) is 28.5 Å². The number of aromatic nitrogens is 1. The van der Waals surface area contributed by atoms with E-state index in [1.165, 1.54) is 0 Å². The lowest BCUT2D eigenvalue weighted by Crippen LogP contribution is -2.02. The van der Waals surface area contributed by atoms with Crippen molar-refractivity contribution in [3.63, 3.8) is 0 Å². The Bertz CT molecular complexity index is 585. The number of hydrogen-bond acceptors (Lipinski definition) is 2. The molecular formula is C13H16N2O2. The predicted molar refractivity (Wildman–Crippen MR) is 67.4 cm³/mol. The van der Waals surface area contributed by atoms with Gasteiger partial charge in [0.2, 0.25) is 0 Å². The highest BCUT2D eigenvalue weighted by Gasteiger charge is 2.15. The first-order valence-corrected chi connectivity index (χ1v) is 5.56. The number of hydrogen-bond donors (Lipinski definition) is 2. The summed E-state index contributed by atoms with van der Waals surface area (Å²) in [6.45, 7) is 2.47. The maximum absolute atomic E-state index is 11.2. The largest absolute Gasteiger partial charge is 0.478 e. The molecule has 1 aromatic carbocycles. The molecule has 0 aliphatic heterocycles. The number of nitrogens with two attached hydrogens (primary N) is 1. The van der Waals surface area contributed by atoms with Crippen LogP contribution < -0.4 is 5.73 Å². The molecule has 0 saturated carbocycles. The van der Waals surface area contributed by atoms with Crippen LogP contribution in [0.15, 0.2) is 18.3 Å². The van der Waals surface area contributed by atoms with E-state index in [2.05, 4.69) is 0 Å². The summed E-state index contributed by atoms with van der Waals surface area (Å²) in [6.07, 6.45) is 2.73. The summed E-state index contributed by atoms with van der Waals surface area (Å²) in [5.41, 5.74) is 8.76. The van der Waals surface area contributed by atoms with E-state index in [4.69, 9.17) is 5.73 Å². The molecule has 0 atom stereocenters. The van der Waals surface area contributed by atoms with Crippen molar-refractivity contribution in [2.24, 2.45) is 12.8 Å². The molecule has 0 aliphatic rings. The van der Waals surface area contributed by atoms with Crippen LogP contribution in [-0.2, 0) is 13.5 Å². The Morgan fingerprint density at radius 3 is 2.76 bits per heavy atom. The van der Waals surface area contributed by atoms with Crippen LogP contribution in [0.5, 0.6) is 0 Å². The summed E-state index contributed by atoms with van der Waals surface area (Å²) in [6, 6.07) is 3.73. The van der Waals surface area contributed by atoms with Crippen molar-refractivity contribution in [3.05, 3.63) is 35.0 Å². The molecule has 0 saturated heterocycles. The van der Waals surface area contributed by atoms with E-state index in [1.54, 1.807) is 6.07 Å². The van der Waals surface area contributed by atoms with Crippen molar-refractivity contribution in [1.29, 1.82) is 0 Å². The molecule has 0 fully saturated rings. The lowest BCUT2D eigenvalue weighted by Gasteiger charge is -2.04. The van der Waals surface area contributed by atoms with Crippen LogP contribution >= 0.6 is 0 Å². The van der Waals surface area contributed by atoms with Gasteiger partial charge >= 0.3 is 5.97 Å². The van der Waals surface area contributed by atoms with Crippen LogP contribution in [-0.4, -0.2) is 22.2 Å². The third kappa shape index (κ3) is 1.91. The van der Waals surface area contributed by atoms with Gasteiger partial charge in [-0.15, -0.1) is 0 Å². The number of aromatic carboxylic acids is 1. The topological polar surface area (TPSA) is 68.2 Å². The molecule has 0 bridgehead atoms. The van der Waals surface area contributed by atoms with Gasteiger partial charge in [-0.25, -0.2) is 4.79 Å². The number of rotatable bonds is 3. The van der Waals surface area contributed by atoms with Gasteiger partial charge in [-0.3, -0.25) is 0 Å². The zero-order chi connectivity index (χ0) is 12.6. The zero-order valence-corrected chi connectivity index (χ0v) is 10.0. The number of carbonyl (C=O) groups is 1.